The third-order valence-corrected chi connectivity index (χ3v) is 5.70. The molecular formula is C24H33N3O3. The van der Waals surface area contributed by atoms with Gasteiger partial charge in [0.15, 0.2) is 5.76 Å². The Labute approximate surface area is 179 Å². The molecule has 1 fully saturated rings. The zero-order chi connectivity index (χ0) is 21.7. The molecule has 30 heavy (non-hydrogen) atoms. The van der Waals surface area contributed by atoms with E-state index in [-0.39, 0.29) is 23.5 Å². The van der Waals surface area contributed by atoms with Gasteiger partial charge in [-0.25, -0.2) is 0 Å². The summed E-state index contributed by atoms with van der Waals surface area (Å²) in [7, 11) is 0. The van der Waals surface area contributed by atoms with Crippen molar-refractivity contribution in [3.63, 3.8) is 0 Å². The summed E-state index contributed by atoms with van der Waals surface area (Å²) in [5, 5.41) is 2.84. The van der Waals surface area contributed by atoms with Crippen LogP contribution in [0.15, 0.2) is 47.1 Å². The average Bonchev–Trinajstić information content (AvgIpc) is 3.27. The molecule has 2 heterocycles. The summed E-state index contributed by atoms with van der Waals surface area (Å²) in [6.07, 6.45) is 1.46. The van der Waals surface area contributed by atoms with Crippen molar-refractivity contribution in [1.29, 1.82) is 0 Å². The van der Waals surface area contributed by atoms with Crippen molar-refractivity contribution in [3.8, 4) is 0 Å². The van der Waals surface area contributed by atoms with E-state index in [1.54, 1.807) is 12.1 Å². The second-order valence-corrected chi connectivity index (χ2v) is 8.67. The first kappa shape index (κ1) is 22.1. The van der Waals surface area contributed by atoms with E-state index in [1.165, 1.54) is 17.4 Å². The molecule has 1 aliphatic heterocycles. The lowest BCUT2D eigenvalue weighted by molar-refractivity contribution is -0.136. The third-order valence-electron chi connectivity index (χ3n) is 5.70. The van der Waals surface area contributed by atoms with E-state index in [2.05, 4.69) is 48.3 Å². The first-order valence-electron chi connectivity index (χ1n) is 10.8. The molecule has 0 saturated carbocycles. The molecule has 3 rings (SSSR count). The van der Waals surface area contributed by atoms with Gasteiger partial charge in [-0.15, -0.1) is 0 Å². The third kappa shape index (κ3) is 5.51. The lowest BCUT2D eigenvalue weighted by atomic mass is 10.0. The van der Waals surface area contributed by atoms with Gasteiger partial charge in [0.2, 0.25) is 5.91 Å². The minimum atomic E-state index is -0.558. The van der Waals surface area contributed by atoms with Crippen LogP contribution in [-0.2, 0) is 11.3 Å². The molecule has 1 aromatic carbocycles. The summed E-state index contributed by atoms with van der Waals surface area (Å²) >= 11 is 0. The number of furan rings is 1. The summed E-state index contributed by atoms with van der Waals surface area (Å²) in [5.41, 5.74) is 2.65. The molecule has 1 aromatic heterocycles. The van der Waals surface area contributed by atoms with E-state index in [1.807, 2.05) is 18.7 Å². The van der Waals surface area contributed by atoms with Crippen LogP contribution in [0.25, 0.3) is 0 Å². The molecule has 162 valence electrons. The van der Waals surface area contributed by atoms with Crippen molar-refractivity contribution >= 4 is 11.8 Å². The summed E-state index contributed by atoms with van der Waals surface area (Å²) in [6, 6.07) is 11.5. The van der Waals surface area contributed by atoms with Crippen molar-refractivity contribution in [2.45, 2.75) is 46.2 Å². The van der Waals surface area contributed by atoms with Crippen molar-refractivity contribution in [3.05, 3.63) is 59.5 Å². The molecule has 1 atom stereocenters. The Bertz CT molecular complexity index is 820. The van der Waals surface area contributed by atoms with Gasteiger partial charge in [0.05, 0.1) is 6.26 Å². The Balaban J connectivity index is 1.53. The number of rotatable bonds is 7. The first-order valence-corrected chi connectivity index (χ1v) is 10.8. The standard InChI is InChI=1S/C24H33N3O3/c1-17(2)20-9-7-19(8-10-20)16-26-11-13-27(14-12-26)24(29)22(18(3)4)25-23(28)21-6-5-15-30-21/h5-10,15,17-18,22H,11-14,16H2,1-4H3,(H,25,28). The Kier molecular flexibility index (Phi) is 7.32. The van der Waals surface area contributed by atoms with Crippen LogP contribution >= 0.6 is 0 Å². The molecule has 6 nitrogen and oxygen atoms in total. The number of nitrogens with one attached hydrogen (secondary N) is 1. The number of carbonyl (C=O) groups is 2. The fourth-order valence-corrected chi connectivity index (χ4v) is 3.72. The van der Waals surface area contributed by atoms with Crippen molar-refractivity contribution < 1.29 is 14.0 Å². The Morgan fingerprint density at radius 2 is 1.67 bits per heavy atom. The smallest absolute Gasteiger partial charge is 0.287 e. The molecule has 1 saturated heterocycles. The van der Waals surface area contributed by atoms with Crippen molar-refractivity contribution in [2.24, 2.45) is 5.92 Å². The summed E-state index contributed by atoms with van der Waals surface area (Å²) < 4.78 is 5.15. The summed E-state index contributed by atoms with van der Waals surface area (Å²) in [5.74, 6) is 0.382. The highest BCUT2D eigenvalue weighted by atomic mass is 16.3. The van der Waals surface area contributed by atoms with Crippen LogP contribution in [0.5, 0.6) is 0 Å². The lowest BCUT2D eigenvalue weighted by Gasteiger charge is -2.37. The molecule has 0 spiro atoms. The van der Waals surface area contributed by atoms with Gasteiger partial charge in [-0.3, -0.25) is 14.5 Å². The van der Waals surface area contributed by atoms with Crippen LogP contribution in [0.1, 0.15) is 55.3 Å². The minimum Gasteiger partial charge on any atom is -0.459 e. The van der Waals surface area contributed by atoms with Crippen LogP contribution in [0, 0.1) is 5.92 Å². The van der Waals surface area contributed by atoms with E-state index >= 15 is 0 Å². The number of carbonyl (C=O) groups excluding carboxylic acids is 2. The SMILES string of the molecule is CC(C)c1ccc(CN2CCN(C(=O)C(NC(=O)c3ccco3)C(C)C)CC2)cc1. The van der Waals surface area contributed by atoms with Gasteiger partial charge in [0.25, 0.3) is 5.91 Å². The van der Waals surface area contributed by atoms with E-state index in [0.717, 1.165) is 19.6 Å². The van der Waals surface area contributed by atoms with Gasteiger partial charge in [0, 0.05) is 32.7 Å². The van der Waals surface area contributed by atoms with E-state index in [4.69, 9.17) is 4.42 Å². The van der Waals surface area contributed by atoms with Crippen molar-refractivity contribution in [1.82, 2.24) is 15.1 Å². The number of piperazine rings is 1. The predicted molar refractivity (Wildman–Crippen MR) is 117 cm³/mol. The first-order chi connectivity index (χ1) is 14.3. The number of benzene rings is 1. The largest absolute Gasteiger partial charge is 0.459 e. The number of hydrogen-bond donors (Lipinski definition) is 1. The van der Waals surface area contributed by atoms with Gasteiger partial charge in [-0.2, -0.15) is 0 Å². The molecule has 1 N–H and O–H groups in total. The normalized spacial score (nSPS) is 16.1. The molecule has 0 radical (unpaired) electrons. The molecule has 1 aliphatic rings. The fraction of sp³-hybridized carbons (Fsp3) is 0.500. The highest BCUT2D eigenvalue weighted by Crippen LogP contribution is 2.17. The maximum absolute atomic E-state index is 13.1. The van der Waals surface area contributed by atoms with Crippen LogP contribution in [0.3, 0.4) is 0 Å². The van der Waals surface area contributed by atoms with E-state index < -0.39 is 6.04 Å². The molecule has 2 amide bonds. The summed E-state index contributed by atoms with van der Waals surface area (Å²) in [6.45, 7) is 12.2. The second kappa shape index (κ2) is 9.94. The van der Waals surface area contributed by atoms with Crippen LogP contribution in [0.4, 0.5) is 0 Å². The molecule has 0 aliphatic carbocycles. The quantitative estimate of drug-likeness (QED) is 0.757. The molecule has 1 unspecified atom stereocenters. The predicted octanol–water partition coefficient (Wildman–Crippen LogP) is 3.50. The number of hydrogen-bond acceptors (Lipinski definition) is 4. The van der Waals surface area contributed by atoms with Crippen LogP contribution in [-0.4, -0.2) is 53.8 Å². The lowest BCUT2D eigenvalue weighted by Crippen LogP contribution is -2.56. The maximum Gasteiger partial charge on any atom is 0.287 e. The van der Waals surface area contributed by atoms with E-state index in [0.29, 0.717) is 19.0 Å². The zero-order valence-electron chi connectivity index (χ0n) is 18.4. The monoisotopic (exact) mass is 411 g/mol. The van der Waals surface area contributed by atoms with Gasteiger partial charge >= 0.3 is 0 Å². The maximum atomic E-state index is 13.1. The van der Waals surface area contributed by atoms with Gasteiger partial charge < -0.3 is 14.6 Å². The number of amides is 2. The minimum absolute atomic E-state index is 0.00564. The Morgan fingerprint density at radius 3 is 2.20 bits per heavy atom. The van der Waals surface area contributed by atoms with Crippen LogP contribution in [0.2, 0.25) is 0 Å². The molecular weight excluding hydrogens is 378 g/mol. The Morgan fingerprint density at radius 1 is 1.00 bits per heavy atom. The fourth-order valence-electron chi connectivity index (χ4n) is 3.72. The van der Waals surface area contributed by atoms with Gasteiger partial charge in [0.1, 0.15) is 6.04 Å². The van der Waals surface area contributed by atoms with Gasteiger partial charge in [-0.05, 0) is 35.1 Å². The summed E-state index contributed by atoms with van der Waals surface area (Å²) in [4.78, 5) is 29.7. The topological polar surface area (TPSA) is 65.8 Å². The highest BCUT2D eigenvalue weighted by molar-refractivity contribution is 5.95. The number of nitrogens with zero attached hydrogens (tertiary/aromatic N) is 2. The van der Waals surface area contributed by atoms with E-state index in [9.17, 15) is 9.59 Å². The highest BCUT2D eigenvalue weighted by Gasteiger charge is 2.31. The Hall–Kier alpha value is -2.60. The van der Waals surface area contributed by atoms with Gasteiger partial charge in [-0.1, -0.05) is 52.0 Å². The second-order valence-electron chi connectivity index (χ2n) is 8.67. The average molecular weight is 412 g/mol. The van der Waals surface area contributed by atoms with Crippen LogP contribution < -0.4 is 5.32 Å². The molecule has 6 heteroatoms. The molecule has 2 aromatic rings. The zero-order valence-corrected chi connectivity index (χ0v) is 18.4. The van der Waals surface area contributed by atoms with Crippen molar-refractivity contribution in [2.75, 3.05) is 26.2 Å². The molecule has 0 bridgehead atoms.